The highest BCUT2D eigenvalue weighted by Gasteiger charge is 2.25. The molecule has 2 rings (SSSR count). The first-order valence-corrected chi connectivity index (χ1v) is 6.08. The van der Waals surface area contributed by atoms with E-state index in [1.165, 1.54) is 18.4 Å². The van der Waals surface area contributed by atoms with Gasteiger partial charge in [0.1, 0.15) is 12.4 Å². The summed E-state index contributed by atoms with van der Waals surface area (Å²) in [4.78, 5) is 21.9. The van der Waals surface area contributed by atoms with Gasteiger partial charge in [-0.05, 0) is 17.7 Å². The molecule has 0 aromatic heterocycles. The molecule has 1 atom stereocenters. The van der Waals surface area contributed by atoms with Crippen LogP contribution in [-0.2, 0) is 25.6 Å². The van der Waals surface area contributed by atoms with Crippen LogP contribution in [0.1, 0.15) is 5.56 Å². The zero-order valence-electron chi connectivity index (χ0n) is 10.7. The van der Waals surface area contributed by atoms with Crippen molar-refractivity contribution in [3.63, 3.8) is 0 Å². The number of benzene rings is 1. The topological polar surface area (TPSA) is 64.6 Å². The van der Waals surface area contributed by atoms with Crippen LogP contribution in [0.2, 0.25) is 0 Å². The van der Waals surface area contributed by atoms with E-state index in [-0.39, 0.29) is 24.8 Å². The number of ketones is 1. The zero-order valence-corrected chi connectivity index (χ0v) is 10.7. The van der Waals surface area contributed by atoms with E-state index in [0.717, 1.165) is 5.56 Å². The van der Waals surface area contributed by atoms with E-state index in [9.17, 15) is 14.0 Å². The molecule has 1 aromatic rings. The minimum Gasteiger partial charge on any atom is -0.493 e. The first kappa shape index (κ1) is 14.2. The van der Waals surface area contributed by atoms with Crippen LogP contribution in [0.5, 0.6) is 0 Å². The lowest BCUT2D eigenvalue weighted by Gasteiger charge is -2.17. The fourth-order valence-electron chi connectivity index (χ4n) is 1.87. The van der Waals surface area contributed by atoms with Crippen molar-refractivity contribution in [2.45, 2.75) is 12.6 Å². The van der Waals surface area contributed by atoms with E-state index in [0.29, 0.717) is 18.6 Å². The van der Waals surface area contributed by atoms with Gasteiger partial charge in [-0.25, -0.2) is 4.39 Å². The Hall–Kier alpha value is -2.21. The summed E-state index contributed by atoms with van der Waals surface area (Å²) in [6.07, 6.45) is 1.37. The van der Waals surface area contributed by atoms with Gasteiger partial charge in [0.25, 0.3) is 6.47 Å². The van der Waals surface area contributed by atoms with E-state index in [1.54, 1.807) is 12.1 Å². The monoisotopic (exact) mass is 279 g/mol. The number of carbonyl (C=O) groups excluding carboxylic acids is 2. The summed E-state index contributed by atoms with van der Waals surface area (Å²) >= 11 is 0. The van der Waals surface area contributed by atoms with E-state index in [4.69, 9.17) is 9.47 Å². The van der Waals surface area contributed by atoms with Crippen molar-refractivity contribution in [3.05, 3.63) is 47.5 Å². The number of rotatable bonds is 7. The second kappa shape index (κ2) is 6.81. The van der Waals surface area contributed by atoms with Gasteiger partial charge < -0.3 is 14.8 Å². The minimum atomic E-state index is -0.444. The largest absolute Gasteiger partial charge is 0.493 e. The van der Waals surface area contributed by atoms with Crippen LogP contribution in [0, 0.1) is 5.82 Å². The molecule has 0 aliphatic carbocycles. The highest BCUT2D eigenvalue weighted by atomic mass is 19.1. The van der Waals surface area contributed by atoms with Gasteiger partial charge in [0.05, 0.1) is 17.9 Å². The smallest absolute Gasteiger partial charge is 0.293 e. The van der Waals surface area contributed by atoms with Crippen molar-refractivity contribution < 1.29 is 23.5 Å². The van der Waals surface area contributed by atoms with Crippen molar-refractivity contribution in [3.8, 4) is 0 Å². The highest BCUT2D eigenvalue weighted by Crippen LogP contribution is 2.13. The van der Waals surface area contributed by atoms with Crippen molar-refractivity contribution in [1.29, 1.82) is 0 Å². The molecule has 1 unspecified atom stereocenters. The molecule has 1 aromatic carbocycles. The standard InChI is InChI=1S/C14H14FNO4/c15-11-3-1-10(2-4-11)5-16-13(7-20-9-17)12-6-19-8-14(12)18/h1-4,6,9,13,16H,5,7-8H2. The number of halogens is 1. The Morgan fingerprint density at radius 1 is 1.40 bits per heavy atom. The molecule has 0 saturated carbocycles. The van der Waals surface area contributed by atoms with Crippen LogP contribution in [0.25, 0.3) is 0 Å². The predicted octanol–water partition coefficient (Wildman–Crippen LogP) is 0.940. The first-order valence-electron chi connectivity index (χ1n) is 6.08. The van der Waals surface area contributed by atoms with Crippen molar-refractivity contribution in [1.82, 2.24) is 5.32 Å². The number of carbonyl (C=O) groups is 2. The first-order chi connectivity index (χ1) is 9.70. The highest BCUT2D eigenvalue weighted by molar-refractivity contribution is 5.98. The summed E-state index contributed by atoms with van der Waals surface area (Å²) in [6, 6.07) is 5.55. The van der Waals surface area contributed by atoms with E-state index in [1.807, 2.05) is 0 Å². The molecule has 0 fully saturated rings. The Morgan fingerprint density at radius 2 is 2.15 bits per heavy atom. The summed E-state index contributed by atoms with van der Waals surface area (Å²) in [5, 5.41) is 3.09. The number of hydrogen-bond acceptors (Lipinski definition) is 5. The lowest BCUT2D eigenvalue weighted by molar-refractivity contribution is -0.129. The number of Topliss-reactive ketones (excluding diaryl/α,β-unsaturated/α-hetero) is 1. The van der Waals surface area contributed by atoms with Gasteiger partial charge in [0.15, 0.2) is 6.61 Å². The fraction of sp³-hybridized carbons (Fsp3) is 0.286. The molecule has 106 valence electrons. The third-order valence-electron chi connectivity index (χ3n) is 2.92. The van der Waals surface area contributed by atoms with Gasteiger partial charge in [0.2, 0.25) is 5.78 Å². The Morgan fingerprint density at radius 3 is 2.75 bits per heavy atom. The molecule has 1 N–H and O–H groups in total. The van der Waals surface area contributed by atoms with Crippen LogP contribution in [0.4, 0.5) is 4.39 Å². The summed E-state index contributed by atoms with van der Waals surface area (Å²) < 4.78 is 22.5. The molecular weight excluding hydrogens is 265 g/mol. The maximum absolute atomic E-state index is 12.8. The Labute approximate surface area is 115 Å². The summed E-state index contributed by atoms with van der Waals surface area (Å²) in [5.74, 6) is -0.451. The molecule has 0 amide bonds. The Balaban J connectivity index is 1.98. The second-order valence-electron chi connectivity index (χ2n) is 4.30. The number of hydrogen-bond donors (Lipinski definition) is 1. The molecule has 1 heterocycles. The maximum atomic E-state index is 12.8. The molecule has 0 radical (unpaired) electrons. The van der Waals surface area contributed by atoms with Crippen LogP contribution in [0.3, 0.4) is 0 Å². The second-order valence-corrected chi connectivity index (χ2v) is 4.30. The van der Waals surface area contributed by atoms with Gasteiger partial charge in [-0.3, -0.25) is 9.59 Å². The van der Waals surface area contributed by atoms with Crippen molar-refractivity contribution in [2.75, 3.05) is 13.2 Å². The Bertz CT molecular complexity index is 512. The fourth-order valence-corrected chi connectivity index (χ4v) is 1.87. The number of nitrogens with one attached hydrogen (secondary N) is 1. The van der Waals surface area contributed by atoms with Crippen molar-refractivity contribution >= 4 is 12.3 Å². The quantitative estimate of drug-likeness (QED) is 0.753. The predicted molar refractivity (Wildman–Crippen MR) is 68.1 cm³/mol. The summed E-state index contributed by atoms with van der Waals surface area (Å²) in [5.41, 5.74) is 1.29. The number of ether oxygens (including phenoxy) is 2. The van der Waals surface area contributed by atoms with Crippen LogP contribution in [-0.4, -0.2) is 31.5 Å². The molecule has 0 spiro atoms. The van der Waals surface area contributed by atoms with E-state index in [2.05, 4.69) is 5.32 Å². The van der Waals surface area contributed by atoms with Crippen LogP contribution in [0.15, 0.2) is 36.1 Å². The van der Waals surface area contributed by atoms with Gasteiger partial charge in [-0.1, -0.05) is 12.1 Å². The van der Waals surface area contributed by atoms with E-state index >= 15 is 0 Å². The molecule has 5 nitrogen and oxygen atoms in total. The van der Waals surface area contributed by atoms with Crippen molar-refractivity contribution in [2.24, 2.45) is 0 Å². The lowest BCUT2D eigenvalue weighted by atomic mass is 10.1. The molecular formula is C14H14FNO4. The van der Waals surface area contributed by atoms with Crippen LogP contribution < -0.4 is 5.32 Å². The maximum Gasteiger partial charge on any atom is 0.293 e. The average molecular weight is 279 g/mol. The van der Waals surface area contributed by atoms with Crippen LogP contribution >= 0.6 is 0 Å². The lowest BCUT2D eigenvalue weighted by Crippen LogP contribution is -2.37. The average Bonchev–Trinajstić information content (AvgIpc) is 2.87. The Kier molecular flexibility index (Phi) is 4.84. The molecule has 0 bridgehead atoms. The molecule has 20 heavy (non-hydrogen) atoms. The molecule has 0 saturated heterocycles. The molecule has 1 aliphatic heterocycles. The normalized spacial score (nSPS) is 15.4. The van der Waals surface area contributed by atoms with Gasteiger partial charge in [-0.15, -0.1) is 0 Å². The third-order valence-corrected chi connectivity index (χ3v) is 2.92. The SMILES string of the molecule is O=COCC(NCc1ccc(F)cc1)C1=COCC1=O. The summed E-state index contributed by atoms with van der Waals surface area (Å²) in [7, 11) is 0. The summed E-state index contributed by atoms with van der Waals surface area (Å²) in [6.45, 7) is 0.780. The molecule has 6 heteroatoms. The van der Waals surface area contributed by atoms with Gasteiger partial charge in [0, 0.05) is 6.54 Å². The molecule has 1 aliphatic rings. The van der Waals surface area contributed by atoms with E-state index < -0.39 is 6.04 Å². The zero-order chi connectivity index (χ0) is 14.4. The van der Waals surface area contributed by atoms with Gasteiger partial charge in [-0.2, -0.15) is 0 Å². The van der Waals surface area contributed by atoms with Gasteiger partial charge >= 0.3 is 0 Å². The third kappa shape index (κ3) is 3.64. The minimum absolute atomic E-state index is 0.00511.